The van der Waals surface area contributed by atoms with E-state index in [1.807, 2.05) is 13.8 Å². The van der Waals surface area contributed by atoms with Crippen molar-refractivity contribution in [1.29, 1.82) is 0 Å². The quantitative estimate of drug-likeness (QED) is 0.580. The van der Waals surface area contributed by atoms with Crippen LogP contribution < -0.4 is 5.73 Å². The molecule has 0 amide bonds. The number of hydrogen-bond donors (Lipinski definition) is 2. The van der Waals surface area contributed by atoms with Gasteiger partial charge in [0, 0.05) is 6.04 Å². The molecule has 0 heterocycles. The van der Waals surface area contributed by atoms with Gasteiger partial charge in [-0.1, -0.05) is 6.92 Å². The van der Waals surface area contributed by atoms with Crippen LogP contribution in [0, 0.1) is 5.92 Å². The fourth-order valence-corrected chi connectivity index (χ4v) is 0.643. The maximum Gasteiger partial charge on any atom is 0.0631 e. The molecule has 3 N–H and O–H groups in total. The third-order valence-electron chi connectivity index (χ3n) is 1.90. The van der Waals surface area contributed by atoms with E-state index in [1.165, 1.54) is 0 Å². The average molecular weight is 131 g/mol. The van der Waals surface area contributed by atoms with Crippen molar-refractivity contribution in [2.75, 3.05) is 0 Å². The molecule has 2 atom stereocenters. The third-order valence-corrected chi connectivity index (χ3v) is 1.90. The minimum absolute atomic E-state index is 0.0602. The van der Waals surface area contributed by atoms with Gasteiger partial charge in [0.25, 0.3) is 0 Å². The van der Waals surface area contributed by atoms with E-state index < -0.39 is 5.60 Å². The van der Waals surface area contributed by atoms with Gasteiger partial charge in [0.2, 0.25) is 0 Å². The first-order valence-corrected chi connectivity index (χ1v) is 3.33. The largest absolute Gasteiger partial charge is 0.390 e. The molecule has 0 rings (SSSR count). The standard InChI is InChI=1S/C7H17NO/c1-5(6(2)8)7(3,4)9/h5-6,9H,8H2,1-4H3. The van der Waals surface area contributed by atoms with Crippen LogP contribution in [0.25, 0.3) is 0 Å². The first-order valence-electron chi connectivity index (χ1n) is 3.33. The minimum atomic E-state index is -0.645. The molecule has 56 valence electrons. The fourth-order valence-electron chi connectivity index (χ4n) is 0.643. The summed E-state index contributed by atoms with van der Waals surface area (Å²) in [5.41, 5.74) is 4.92. The lowest BCUT2D eigenvalue weighted by atomic mass is 9.88. The molecule has 0 radical (unpaired) electrons. The molecule has 0 aromatic carbocycles. The summed E-state index contributed by atoms with van der Waals surface area (Å²) in [5, 5.41) is 9.38. The summed E-state index contributed by atoms with van der Waals surface area (Å²) in [6, 6.07) is 0.0602. The van der Waals surface area contributed by atoms with Gasteiger partial charge in [-0.2, -0.15) is 0 Å². The molecule has 0 aliphatic carbocycles. The van der Waals surface area contributed by atoms with Gasteiger partial charge in [-0.3, -0.25) is 0 Å². The Kier molecular flexibility index (Phi) is 2.65. The van der Waals surface area contributed by atoms with Gasteiger partial charge in [-0.25, -0.2) is 0 Å². The SMILES string of the molecule is CC(N)C(C)C(C)(C)O. The van der Waals surface area contributed by atoms with Gasteiger partial charge in [-0.15, -0.1) is 0 Å². The summed E-state index contributed by atoms with van der Waals surface area (Å²) in [4.78, 5) is 0. The maximum absolute atomic E-state index is 9.38. The highest BCUT2D eigenvalue weighted by atomic mass is 16.3. The Morgan fingerprint density at radius 2 is 1.67 bits per heavy atom. The van der Waals surface area contributed by atoms with Crippen molar-refractivity contribution in [2.24, 2.45) is 11.7 Å². The molecule has 0 aliphatic heterocycles. The summed E-state index contributed by atoms with van der Waals surface area (Å²) in [6.45, 7) is 7.41. The lowest BCUT2D eigenvalue weighted by Gasteiger charge is -2.28. The van der Waals surface area contributed by atoms with Crippen LogP contribution in [0.4, 0.5) is 0 Å². The van der Waals surface area contributed by atoms with Gasteiger partial charge >= 0.3 is 0 Å². The Morgan fingerprint density at radius 3 is 1.67 bits per heavy atom. The molecule has 2 nitrogen and oxygen atoms in total. The highest BCUT2D eigenvalue weighted by Crippen LogP contribution is 2.17. The summed E-state index contributed by atoms with van der Waals surface area (Å²) in [5.74, 6) is 0.150. The Labute approximate surface area is 57.1 Å². The second-order valence-corrected chi connectivity index (χ2v) is 3.30. The molecular weight excluding hydrogens is 114 g/mol. The molecule has 0 aromatic heterocycles. The van der Waals surface area contributed by atoms with Crippen molar-refractivity contribution >= 4 is 0 Å². The van der Waals surface area contributed by atoms with Crippen LogP contribution in [0.2, 0.25) is 0 Å². The van der Waals surface area contributed by atoms with Crippen LogP contribution in [0.5, 0.6) is 0 Å². The predicted octanol–water partition coefficient (Wildman–Crippen LogP) is 0.741. The Balaban J connectivity index is 3.88. The zero-order valence-electron chi connectivity index (χ0n) is 6.68. The Bertz CT molecular complexity index is 83.4. The van der Waals surface area contributed by atoms with Crippen molar-refractivity contribution in [3.63, 3.8) is 0 Å². The molecular formula is C7H17NO. The number of hydrogen-bond acceptors (Lipinski definition) is 2. The van der Waals surface area contributed by atoms with Crippen molar-refractivity contribution < 1.29 is 5.11 Å². The molecule has 0 bridgehead atoms. The van der Waals surface area contributed by atoms with E-state index in [-0.39, 0.29) is 12.0 Å². The summed E-state index contributed by atoms with van der Waals surface area (Å²) < 4.78 is 0. The van der Waals surface area contributed by atoms with Gasteiger partial charge < -0.3 is 10.8 Å². The summed E-state index contributed by atoms with van der Waals surface area (Å²) >= 11 is 0. The highest BCUT2D eigenvalue weighted by Gasteiger charge is 2.24. The second-order valence-electron chi connectivity index (χ2n) is 3.30. The van der Waals surface area contributed by atoms with Gasteiger partial charge in [-0.05, 0) is 26.7 Å². The van der Waals surface area contributed by atoms with Gasteiger partial charge in [0.1, 0.15) is 0 Å². The first kappa shape index (κ1) is 8.92. The summed E-state index contributed by atoms with van der Waals surface area (Å²) in [6.07, 6.45) is 0. The van der Waals surface area contributed by atoms with Crippen LogP contribution in [-0.4, -0.2) is 16.7 Å². The Hall–Kier alpha value is -0.0800. The monoisotopic (exact) mass is 131 g/mol. The number of aliphatic hydroxyl groups is 1. The third kappa shape index (κ3) is 2.82. The zero-order valence-corrected chi connectivity index (χ0v) is 6.68. The lowest BCUT2D eigenvalue weighted by Crippen LogP contribution is -2.40. The van der Waals surface area contributed by atoms with Crippen LogP contribution in [0.1, 0.15) is 27.7 Å². The number of rotatable bonds is 2. The van der Waals surface area contributed by atoms with E-state index in [0.717, 1.165) is 0 Å². The van der Waals surface area contributed by atoms with Crippen molar-refractivity contribution in [3.05, 3.63) is 0 Å². The van der Waals surface area contributed by atoms with Crippen molar-refractivity contribution in [2.45, 2.75) is 39.3 Å². The van der Waals surface area contributed by atoms with E-state index in [1.54, 1.807) is 13.8 Å². The topological polar surface area (TPSA) is 46.2 Å². The molecule has 0 aromatic rings. The van der Waals surface area contributed by atoms with Crippen molar-refractivity contribution in [3.8, 4) is 0 Å². The van der Waals surface area contributed by atoms with Crippen LogP contribution in [0.3, 0.4) is 0 Å². The number of nitrogens with two attached hydrogens (primary N) is 1. The minimum Gasteiger partial charge on any atom is -0.390 e. The Morgan fingerprint density at radius 1 is 1.33 bits per heavy atom. The normalized spacial score (nSPS) is 19.3. The first-order chi connectivity index (χ1) is 3.85. The molecule has 0 spiro atoms. The molecule has 2 heteroatoms. The molecule has 0 saturated heterocycles. The van der Waals surface area contributed by atoms with E-state index in [4.69, 9.17) is 5.73 Å². The molecule has 9 heavy (non-hydrogen) atoms. The van der Waals surface area contributed by atoms with E-state index >= 15 is 0 Å². The van der Waals surface area contributed by atoms with E-state index in [9.17, 15) is 5.11 Å². The van der Waals surface area contributed by atoms with E-state index in [0.29, 0.717) is 0 Å². The molecule has 0 fully saturated rings. The average Bonchev–Trinajstić information content (AvgIpc) is 1.62. The van der Waals surface area contributed by atoms with E-state index in [2.05, 4.69) is 0 Å². The maximum atomic E-state index is 9.38. The van der Waals surface area contributed by atoms with Crippen LogP contribution in [-0.2, 0) is 0 Å². The molecule has 0 aliphatic rings. The lowest BCUT2D eigenvalue weighted by molar-refractivity contribution is 0.0165. The van der Waals surface area contributed by atoms with Crippen LogP contribution in [0.15, 0.2) is 0 Å². The smallest absolute Gasteiger partial charge is 0.0631 e. The summed E-state index contributed by atoms with van der Waals surface area (Å²) in [7, 11) is 0. The van der Waals surface area contributed by atoms with Gasteiger partial charge in [0.05, 0.1) is 5.60 Å². The zero-order chi connectivity index (χ0) is 7.65. The molecule has 0 saturated carbocycles. The van der Waals surface area contributed by atoms with Crippen molar-refractivity contribution in [1.82, 2.24) is 0 Å². The molecule has 2 unspecified atom stereocenters. The fraction of sp³-hybridized carbons (Fsp3) is 1.00. The highest BCUT2D eigenvalue weighted by molar-refractivity contribution is 4.79. The second kappa shape index (κ2) is 2.67. The van der Waals surface area contributed by atoms with Crippen LogP contribution >= 0.6 is 0 Å². The van der Waals surface area contributed by atoms with Gasteiger partial charge in [0.15, 0.2) is 0 Å². The predicted molar refractivity (Wildman–Crippen MR) is 39.1 cm³/mol.